The lowest BCUT2D eigenvalue weighted by atomic mass is 9.85. The Morgan fingerprint density at radius 1 is 1.44 bits per heavy atom. The molecule has 1 heterocycles. The Morgan fingerprint density at radius 3 is 2.72 bits per heavy atom. The minimum Gasteiger partial charge on any atom is -0.481 e. The van der Waals surface area contributed by atoms with Crippen LogP contribution in [0.15, 0.2) is 24.4 Å². The summed E-state index contributed by atoms with van der Waals surface area (Å²) < 4.78 is 15.1. The number of carbonyl (C=O) groups excluding carboxylic acids is 1. The molecule has 0 radical (unpaired) electrons. The lowest BCUT2D eigenvalue weighted by Gasteiger charge is -2.33. The number of nitrogens with one attached hydrogen (secondary N) is 1. The average Bonchev–Trinajstić information content (AvgIpc) is 2.98. The first kappa shape index (κ1) is 18.9. The first-order valence-corrected chi connectivity index (χ1v) is 7.93. The number of aliphatic carboxylic acids is 1. The van der Waals surface area contributed by atoms with Crippen molar-refractivity contribution in [3.05, 3.63) is 40.9 Å². The smallest absolute Gasteiger partial charge is 0.305 e. The molecule has 1 aromatic heterocycles. The monoisotopic (exact) mass is 368 g/mol. The molecular formula is C16H18ClFN4O3. The van der Waals surface area contributed by atoms with Gasteiger partial charge in [-0.05, 0) is 25.0 Å². The Balaban J connectivity index is 2.25. The van der Waals surface area contributed by atoms with Crippen LogP contribution >= 0.6 is 11.6 Å². The van der Waals surface area contributed by atoms with Crippen LogP contribution in [0.4, 0.5) is 4.39 Å². The maximum Gasteiger partial charge on any atom is 0.305 e. The predicted molar refractivity (Wildman–Crippen MR) is 89.3 cm³/mol. The SMILES string of the molecule is CC(C)C(C)(CC(=O)O)NC(=O)c1cn(-c2cccc(Cl)c2F)nn1. The third-order valence-electron chi connectivity index (χ3n) is 4.10. The molecule has 0 fully saturated rings. The number of hydrogen-bond acceptors (Lipinski definition) is 4. The summed E-state index contributed by atoms with van der Waals surface area (Å²) in [4.78, 5) is 23.5. The van der Waals surface area contributed by atoms with Crippen LogP contribution in [0, 0.1) is 11.7 Å². The van der Waals surface area contributed by atoms with Gasteiger partial charge in [-0.2, -0.15) is 0 Å². The molecule has 2 aromatic rings. The second-order valence-corrected chi connectivity index (χ2v) is 6.63. The van der Waals surface area contributed by atoms with Gasteiger partial charge >= 0.3 is 5.97 Å². The van der Waals surface area contributed by atoms with E-state index in [9.17, 15) is 14.0 Å². The highest BCUT2D eigenvalue weighted by molar-refractivity contribution is 6.30. The molecule has 2 N–H and O–H groups in total. The fraction of sp³-hybridized carbons (Fsp3) is 0.375. The quantitative estimate of drug-likeness (QED) is 0.817. The Bertz CT molecular complexity index is 808. The van der Waals surface area contributed by atoms with Crippen molar-refractivity contribution in [1.29, 1.82) is 0 Å². The number of halogens is 2. The number of carboxylic acids is 1. The van der Waals surface area contributed by atoms with Crippen LogP contribution < -0.4 is 5.32 Å². The van der Waals surface area contributed by atoms with E-state index >= 15 is 0 Å². The van der Waals surface area contributed by atoms with Crippen molar-refractivity contribution in [3.63, 3.8) is 0 Å². The summed E-state index contributed by atoms with van der Waals surface area (Å²) >= 11 is 5.73. The third kappa shape index (κ3) is 4.14. The Labute approximate surface area is 148 Å². The predicted octanol–water partition coefficient (Wildman–Crippen LogP) is 2.68. The molecule has 0 spiro atoms. The zero-order chi connectivity index (χ0) is 18.8. The van der Waals surface area contributed by atoms with Gasteiger partial charge in [-0.15, -0.1) is 5.10 Å². The number of amides is 1. The molecule has 0 bridgehead atoms. The molecule has 7 nitrogen and oxygen atoms in total. The van der Waals surface area contributed by atoms with Crippen molar-refractivity contribution in [3.8, 4) is 5.69 Å². The maximum absolute atomic E-state index is 14.0. The molecule has 134 valence electrons. The summed E-state index contributed by atoms with van der Waals surface area (Å²) in [5.74, 6) is -2.43. The lowest BCUT2D eigenvalue weighted by molar-refractivity contribution is -0.138. The van der Waals surface area contributed by atoms with Crippen molar-refractivity contribution in [1.82, 2.24) is 20.3 Å². The highest BCUT2D eigenvalue weighted by Crippen LogP contribution is 2.22. The van der Waals surface area contributed by atoms with Crippen LogP contribution in [0.25, 0.3) is 5.69 Å². The van der Waals surface area contributed by atoms with Gasteiger partial charge in [-0.3, -0.25) is 9.59 Å². The summed E-state index contributed by atoms with van der Waals surface area (Å²) in [6, 6.07) is 4.38. The molecule has 1 aromatic carbocycles. The largest absolute Gasteiger partial charge is 0.481 e. The molecule has 0 saturated heterocycles. The highest BCUT2D eigenvalue weighted by atomic mass is 35.5. The number of benzene rings is 1. The van der Waals surface area contributed by atoms with Gasteiger partial charge in [0.1, 0.15) is 5.69 Å². The Kier molecular flexibility index (Phi) is 5.42. The van der Waals surface area contributed by atoms with Gasteiger partial charge in [-0.25, -0.2) is 9.07 Å². The van der Waals surface area contributed by atoms with E-state index in [0.29, 0.717) is 0 Å². The van der Waals surface area contributed by atoms with Crippen molar-refractivity contribution in [2.75, 3.05) is 0 Å². The standard InChI is InChI=1S/C16H18ClFN4O3/c1-9(2)16(3,7-13(23)24)19-15(25)11-8-22(21-20-11)12-6-4-5-10(17)14(12)18/h4-6,8-9H,7H2,1-3H3,(H,19,25)(H,23,24). The second kappa shape index (κ2) is 7.18. The van der Waals surface area contributed by atoms with Crippen LogP contribution in [-0.4, -0.2) is 37.5 Å². The number of carbonyl (C=O) groups is 2. The summed E-state index contributed by atoms with van der Waals surface area (Å²) in [7, 11) is 0. The van der Waals surface area contributed by atoms with Gasteiger partial charge in [0.15, 0.2) is 11.5 Å². The molecule has 2 rings (SSSR count). The first-order chi connectivity index (χ1) is 11.6. The summed E-state index contributed by atoms with van der Waals surface area (Å²) in [5, 5.41) is 19.1. The first-order valence-electron chi connectivity index (χ1n) is 7.55. The number of rotatable bonds is 6. The van der Waals surface area contributed by atoms with E-state index in [2.05, 4.69) is 15.6 Å². The van der Waals surface area contributed by atoms with E-state index in [0.717, 1.165) is 4.68 Å². The van der Waals surface area contributed by atoms with Crippen molar-refractivity contribution < 1.29 is 19.1 Å². The van der Waals surface area contributed by atoms with Gasteiger partial charge in [0.05, 0.1) is 23.2 Å². The number of nitrogens with zero attached hydrogens (tertiary/aromatic N) is 3. The van der Waals surface area contributed by atoms with Gasteiger partial charge in [-0.1, -0.05) is 36.7 Å². The zero-order valence-electron chi connectivity index (χ0n) is 14.0. The van der Waals surface area contributed by atoms with Gasteiger partial charge in [0.2, 0.25) is 0 Å². The van der Waals surface area contributed by atoms with Gasteiger partial charge in [0, 0.05) is 0 Å². The molecule has 0 aliphatic rings. The molecule has 0 saturated carbocycles. The van der Waals surface area contributed by atoms with E-state index in [1.165, 1.54) is 18.3 Å². The van der Waals surface area contributed by atoms with Crippen molar-refractivity contribution in [2.45, 2.75) is 32.7 Å². The van der Waals surface area contributed by atoms with Gasteiger partial charge in [0.25, 0.3) is 5.91 Å². The molecule has 25 heavy (non-hydrogen) atoms. The summed E-state index contributed by atoms with van der Waals surface area (Å²) in [6.07, 6.45) is 1.01. The topological polar surface area (TPSA) is 97.1 Å². The summed E-state index contributed by atoms with van der Waals surface area (Å²) in [5.41, 5.74) is -0.971. The molecule has 0 aliphatic carbocycles. The number of hydrogen-bond donors (Lipinski definition) is 2. The van der Waals surface area contributed by atoms with Crippen LogP contribution in [0.3, 0.4) is 0 Å². The average molecular weight is 369 g/mol. The fourth-order valence-electron chi connectivity index (χ4n) is 2.19. The van der Waals surface area contributed by atoms with E-state index < -0.39 is 23.2 Å². The molecule has 9 heteroatoms. The fourth-order valence-corrected chi connectivity index (χ4v) is 2.35. The van der Waals surface area contributed by atoms with Crippen LogP contribution in [-0.2, 0) is 4.79 Å². The maximum atomic E-state index is 14.0. The Morgan fingerprint density at radius 2 is 2.12 bits per heavy atom. The van der Waals surface area contributed by atoms with E-state index in [1.807, 2.05) is 0 Å². The zero-order valence-corrected chi connectivity index (χ0v) is 14.7. The number of carboxylic acid groups (broad SMARTS) is 1. The minimum absolute atomic E-state index is 0.0520. The minimum atomic E-state index is -1.03. The normalized spacial score (nSPS) is 13.5. The Hall–Kier alpha value is -2.48. The van der Waals surface area contributed by atoms with Crippen LogP contribution in [0.1, 0.15) is 37.7 Å². The second-order valence-electron chi connectivity index (χ2n) is 6.22. The molecular weight excluding hydrogens is 351 g/mol. The van der Waals surface area contributed by atoms with Crippen molar-refractivity contribution in [2.24, 2.45) is 5.92 Å². The van der Waals surface area contributed by atoms with Crippen LogP contribution in [0.2, 0.25) is 5.02 Å². The van der Waals surface area contributed by atoms with Gasteiger partial charge < -0.3 is 10.4 Å². The van der Waals surface area contributed by atoms with E-state index in [1.54, 1.807) is 26.8 Å². The highest BCUT2D eigenvalue weighted by Gasteiger charge is 2.33. The molecule has 1 unspecified atom stereocenters. The molecule has 1 atom stereocenters. The van der Waals surface area contributed by atoms with Crippen molar-refractivity contribution >= 4 is 23.5 Å². The third-order valence-corrected chi connectivity index (χ3v) is 4.39. The summed E-state index contributed by atoms with van der Waals surface area (Å²) in [6.45, 7) is 5.26. The lowest BCUT2D eigenvalue weighted by Crippen LogP contribution is -2.51. The number of aromatic nitrogens is 3. The van der Waals surface area contributed by atoms with E-state index in [4.69, 9.17) is 16.7 Å². The molecule has 0 aliphatic heterocycles. The molecule has 1 amide bonds. The van der Waals surface area contributed by atoms with Crippen LogP contribution in [0.5, 0.6) is 0 Å². The van der Waals surface area contributed by atoms with E-state index in [-0.39, 0.29) is 28.7 Å².